The summed E-state index contributed by atoms with van der Waals surface area (Å²) in [6, 6.07) is 4.77. The van der Waals surface area contributed by atoms with Gasteiger partial charge in [0.1, 0.15) is 5.03 Å². The summed E-state index contributed by atoms with van der Waals surface area (Å²) in [5.41, 5.74) is 1.37. The number of nitrogens with zero attached hydrogens (tertiary/aromatic N) is 1. The zero-order chi connectivity index (χ0) is 11.6. The Kier molecular flexibility index (Phi) is 3.55. The molecule has 1 aromatic heterocycles. The van der Waals surface area contributed by atoms with Crippen molar-refractivity contribution in [1.29, 1.82) is 0 Å². The Labute approximate surface area is 102 Å². The fourth-order valence-electron chi connectivity index (χ4n) is 1.99. The van der Waals surface area contributed by atoms with Crippen molar-refractivity contribution in [2.24, 2.45) is 0 Å². The quantitative estimate of drug-likeness (QED) is 0.797. The summed E-state index contributed by atoms with van der Waals surface area (Å²) in [5, 5.41) is 4.73. The van der Waals surface area contributed by atoms with E-state index in [1.807, 2.05) is 24.0 Å². The fourth-order valence-corrected chi connectivity index (χ4v) is 3.02. The van der Waals surface area contributed by atoms with E-state index in [2.05, 4.69) is 37.1 Å². The first-order valence-electron chi connectivity index (χ1n) is 5.93. The largest absolute Gasteiger partial charge is 0.310 e. The lowest BCUT2D eigenvalue weighted by atomic mass is 10.1. The third-order valence-electron chi connectivity index (χ3n) is 2.64. The molecule has 1 aromatic rings. The predicted molar refractivity (Wildman–Crippen MR) is 69.8 cm³/mol. The molecule has 0 radical (unpaired) electrons. The summed E-state index contributed by atoms with van der Waals surface area (Å²) in [7, 11) is 0. The molecule has 1 fully saturated rings. The maximum Gasteiger partial charge on any atom is 0.101 e. The third kappa shape index (κ3) is 2.98. The summed E-state index contributed by atoms with van der Waals surface area (Å²) < 4.78 is 0.224. The Bertz CT molecular complexity index is 351. The van der Waals surface area contributed by atoms with Gasteiger partial charge in [0, 0.05) is 22.5 Å². The van der Waals surface area contributed by atoms with E-state index in [0.29, 0.717) is 6.04 Å². The molecule has 2 heterocycles. The summed E-state index contributed by atoms with van der Waals surface area (Å²) >= 11 is 1.86. The first kappa shape index (κ1) is 11.9. The van der Waals surface area contributed by atoms with Crippen LogP contribution >= 0.6 is 11.8 Å². The van der Waals surface area contributed by atoms with Crippen LogP contribution in [0.5, 0.6) is 0 Å². The van der Waals surface area contributed by atoms with Crippen molar-refractivity contribution in [2.45, 2.75) is 49.4 Å². The average molecular weight is 236 g/mol. The van der Waals surface area contributed by atoms with Crippen LogP contribution < -0.4 is 5.32 Å². The number of aromatic nitrogens is 1. The normalized spacial score (nSPS) is 21.3. The summed E-state index contributed by atoms with van der Waals surface area (Å²) in [6.07, 6.45) is 4.41. The zero-order valence-corrected chi connectivity index (χ0v) is 11.1. The Balaban J connectivity index is 2.23. The molecule has 0 spiro atoms. The van der Waals surface area contributed by atoms with E-state index in [0.717, 1.165) is 6.54 Å². The molecule has 2 nitrogen and oxygen atoms in total. The van der Waals surface area contributed by atoms with Crippen LogP contribution in [0.3, 0.4) is 0 Å². The highest BCUT2D eigenvalue weighted by Gasteiger charge is 2.22. The lowest BCUT2D eigenvalue weighted by molar-refractivity contribution is 0.628. The second kappa shape index (κ2) is 4.76. The van der Waals surface area contributed by atoms with Gasteiger partial charge < -0.3 is 5.32 Å². The minimum absolute atomic E-state index is 0.224. The van der Waals surface area contributed by atoms with Gasteiger partial charge in [0.15, 0.2) is 0 Å². The molecule has 0 aliphatic carbocycles. The van der Waals surface area contributed by atoms with E-state index in [1.165, 1.54) is 23.4 Å². The molecule has 1 aliphatic heterocycles. The molecule has 88 valence electrons. The zero-order valence-electron chi connectivity index (χ0n) is 10.3. The highest BCUT2D eigenvalue weighted by Crippen LogP contribution is 2.36. The van der Waals surface area contributed by atoms with Gasteiger partial charge in [-0.05, 0) is 25.5 Å². The maximum atomic E-state index is 4.53. The molecule has 2 rings (SSSR count). The van der Waals surface area contributed by atoms with Gasteiger partial charge in [0.25, 0.3) is 0 Å². The SMILES string of the molecule is CC(C)(C)Sc1ncccc1C1CCCN1. The number of hydrogen-bond acceptors (Lipinski definition) is 3. The first-order chi connectivity index (χ1) is 7.56. The van der Waals surface area contributed by atoms with Crippen LogP contribution in [-0.2, 0) is 0 Å². The van der Waals surface area contributed by atoms with E-state index in [-0.39, 0.29) is 4.75 Å². The van der Waals surface area contributed by atoms with Crippen LogP contribution in [0.15, 0.2) is 23.4 Å². The molecule has 0 aromatic carbocycles. The van der Waals surface area contributed by atoms with Crippen molar-refractivity contribution in [3.63, 3.8) is 0 Å². The van der Waals surface area contributed by atoms with Gasteiger partial charge in [-0.15, -0.1) is 11.8 Å². The van der Waals surface area contributed by atoms with Gasteiger partial charge in [-0.25, -0.2) is 4.98 Å². The monoisotopic (exact) mass is 236 g/mol. The van der Waals surface area contributed by atoms with Gasteiger partial charge in [-0.3, -0.25) is 0 Å². The van der Waals surface area contributed by atoms with Crippen LogP contribution in [0.25, 0.3) is 0 Å². The summed E-state index contributed by atoms with van der Waals surface area (Å²) in [6.45, 7) is 7.84. The smallest absolute Gasteiger partial charge is 0.101 e. The van der Waals surface area contributed by atoms with E-state index in [9.17, 15) is 0 Å². The van der Waals surface area contributed by atoms with Crippen LogP contribution in [0.2, 0.25) is 0 Å². The summed E-state index contributed by atoms with van der Waals surface area (Å²) in [4.78, 5) is 4.53. The standard InChI is InChI=1S/C13H20N2S/c1-13(2,3)16-12-10(6-4-9-15-12)11-7-5-8-14-11/h4,6,9,11,14H,5,7-8H2,1-3H3. The molecule has 1 unspecified atom stereocenters. The molecule has 1 aliphatic rings. The van der Waals surface area contributed by atoms with Gasteiger partial charge in [0.2, 0.25) is 0 Å². The maximum absolute atomic E-state index is 4.53. The van der Waals surface area contributed by atoms with Crippen LogP contribution in [0.4, 0.5) is 0 Å². The molecule has 3 heteroatoms. The first-order valence-corrected chi connectivity index (χ1v) is 6.75. The highest BCUT2D eigenvalue weighted by molar-refractivity contribution is 8.00. The molecule has 0 amide bonds. The van der Waals surface area contributed by atoms with E-state index >= 15 is 0 Å². The molecule has 1 N–H and O–H groups in total. The number of nitrogens with one attached hydrogen (secondary N) is 1. The Morgan fingerprint density at radius 2 is 2.25 bits per heavy atom. The van der Waals surface area contributed by atoms with Crippen molar-refractivity contribution in [2.75, 3.05) is 6.54 Å². The van der Waals surface area contributed by atoms with Crippen molar-refractivity contribution in [1.82, 2.24) is 10.3 Å². The molecule has 0 saturated carbocycles. The number of rotatable bonds is 2. The number of pyridine rings is 1. The highest BCUT2D eigenvalue weighted by atomic mass is 32.2. The van der Waals surface area contributed by atoms with Crippen molar-refractivity contribution in [3.8, 4) is 0 Å². The number of thioether (sulfide) groups is 1. The Morgan fingerprint density at radius 1 is 1.44 bits per heavy atom. The van der Waals surface area contributed by atoms with E-state index in [1.54, 1.807) is 0 Å². The predicted octanol–water partition coefficient (Wildman–Crippen LogP) is 3.40. The van der Waals surface area contributed by atoms with Crippen molar-refractivity contribution >= 4 is 11.8 Å². The van der Waals surface area contributed by atoms with Gasteiger partial charge in [-0.1, -0.05) is 26.8 Å². The molecule has 0 bridgehead atoms. The second-order valence-corrected chi connectivity index (χ2v) is 7.08. The minimum Gasteiger partial charge on any atom is -0.310 e. The molecular weight excluding hydrogens is 216 g/mol. The molecule has 1 atom stereocenters. The average Bonchev–Trinajstić information content (AvgIpc) is 2.69. The van der Waals surface area contributed by atoms with Crippen LogP contribution in [0.1, 0.15) is 45.2 Å². The second-order valence-electron chi connectivity index (χ2n) is 5.26. The lowest BCUT2D eigenvalue weighted by Crippen LogP contribution is -2.16. The minimum atomic E-state index is 0.224. The third-order valence-corrected chi connectivity index (χ3v) is 3.79. The topological polar surface area (TPSA) is 24.9 Å². The van der Waals surface area contributed by atoms with Crippen LogP contribution in [0, 0.1) is 0 Å². The Hall–Kier alpha value is -0.540. The Morgan fingerprint density at radius 3 is 2.88 bits per heavy atom. The van der Waals surface area contributed by atoms with Gasteiger partial charge in [0.05, 0.1) is 0 Å². The van der Waals surface area contributed by atoms with Crippen molar-refractivity contribution < 1.29 is 0 Å². The number of hydrogen-bond donors (Lipinski definition) is 1. The van der Waals surface area contributed by atoms with Gasteiger partial charge in [-0.2, -0.15) is 0 Å². The summed E-state index contributed by atoms with van der Waals surface area (Å²) in [5.74, 6) is 0. The van der Waals surface area contributed by atoms with E-state index < -0.39 is 0 Å². The van der Waals surface area contributed by atoms with Crippen LogP contribution in [-0.4, -0.2) is 16.3 Å². The van der Waals surface area contributed by atoms with Crippen molar-refractivity contribution in [3.05, 3.63) is 23.9 Å². The molecule has 1 saturated heterocycles. The lowest BCUT2D eigenvalue weighted by Gasteiger charge is -2.21. The van der Waals surface area contributed by atoms with E-state index in [4.69, 9.17) is 0 Å². The fraction of sp³-hybridized carbons (Fsp3) is 0.615. The van der Waals surface area contributed by atoms with Gasteiger partial charge >= 0.3 is 0 Å². The molecule has 16 heavy (non-hydrogen) atoms. The molecular formula is C13H20N2S.